The van der Waals surface area contributed by atoms with Crippen LogP contribution in [0.3, 0.4) is 0 Å². The number of rotatable bonds is 5. The molecular formula is C51H31N3O. The van der Waals surface area contributed by atoms with Gasteiger partial charge < -0.3 is 4.42 Å². The summed E-state index contributed by atoms with van der Waals surface area (Å²) in [6.45, 7) is 0. The molecule has 9 aromatic carbocycles. The topological polar surface area (TPSA) is 51.8 Å². The summed E-state index contributed by atoms with van der Waals surface area (Å²) in [5, 5.41) is 9.15. The van der Waals surface area contributed by atoms with Crippen LogP contribution in [-0.2, 0) is 0 Å². The Morgan fingerprint density at radius 2 is 0.909 bits per heavy atom. The predicted molar refractivity (Wildman–Crippen MR) is 227 cm³/mol. The molecule has 0 radical (unpaired) electrons. The summed E-state index contributed by atoms with van der Waals surface area (Å²) < 4.78 is 6.75. The molecule has 2 aromatic heterocycles. The first-order chi connectivity index (χ1) is 27.3. The summed E-state index contributed by atoms with van der Waals surface area (Å²) >= 11 is 0. The molecule has 2 heterocycles. The van der Waals surface area contributed by atoms with E-state index in [2.05, 4.69) is 170 Å². The largest absolute Gasteiger partial charge is 0.455 e. The maximum Gasteiger partial charge on any atom is 0.164 e. The zero-order valence-electron chi connectivity index (χ0n) is 29.6. The molecule has 0 N–H and O–H groups in total. The van der Waals surface area contributed by atoms with E-state index in [9.17, 15) is 0 Å². The van der Waals surface area contributed by atoms with Gasteiger partial charge >= 0.3 is 0 Å². The van der Waals surface area contributed by atoms with Gasteiger partial charge in [-0.3, -0.25) is 0 Å². The van der Waals surface area contributed by atoms with E-state index in [1.165, 1.54) is 21.5 Å². The van der Waals surface area contributed by atoms with E-state index in [1.807, 2.05) is 18.2 Å². The second-order valence-electron chi connectivity index (χ2n) is 13.9. The van der Waals surface area contributed by atoms with Crippen molar-refractivity contribution in [3.05, 3.63) is 188 Å². The second-order valence-corrected chi connectivity index (χ2v) is 13.9. The lowest BCUT2D eigenvalue weighted by molar-refractivity contribution is 0.670. The van der Waals surface area contributed by atoms with Crippen LogP contribution in [0.15, 0.2) is 192 Å². The molecule has 0 unspecified atom stereocenters. The highest BCUT2D eigenvalue weighted by molar-refractivity contribution is 6.17. The minimum atomic E-state index is 0.610. The fourth-order valence-electron chi connectivity index (χ4n) is 8.14. The van der Waals surface area contributed by atoms with Crippen molar-refractivity contribution in [2.24, 2.45) is 0 Å². The van der Waals surface area contributed by atoms with Gasteiger partial charge in [-0.1, -0.05) is 170 Å². The lowest BCUT2D eigenvalue weighted by atomic mass is 9.93. The summed E-state index contributed by atoms with van der Waals surface area (Å²) in [6.07, 6.45) is 0. The molecule has 0 saturated carbocycles. The van der Waals surface area contributed by atoms with Gasteiger partial charge in [0.1, 0.15) is 11.2 Å². The number of hydrogen-bond donors (Lipinski definition) is 0. The van der Waals surface area contributed by atoms with Crippen LogP contribution in [0.1, 0.15) is 0 Å². The molecule has 0 amide bonds. The van der Waals surface area contributed by atoms with Crippen molar-refractivity contribution in [1.29, 1.82) is 0 Å². The van der Waals surface area contributed by atoms with Gasteiger partial charge in [-0.05, 0) is 67.2 Å². The third-order valence-electron chi connectivity index (χ3n) is 10.7. The molecular weight excluding hydrogens is 671 g/mol. The smallest absolute Gasteiger partial charge is 0.164 e. The minimum absolute atomic E-state index is 0.610. The maximum absolute atomic E-state index is 6.75. The van der Waals surface area contributed by atoms with Crippen LogP contribution < -0.4 is 0 Å². The number of fused-ring (bicyclic) bond motifs is 7. The van der Waals surface area contributed by atoms with Crippen molar-refractivity contribution in [1.82, 2.24) is 15.0 Å². The Labute approximate surface area is 317 Å². The van der Waals surface area contributed by atoms with Crippen molar-refractivity contribution in [2.75, 3.05) is 0 Å². The molecule has 0 aliphatic heterocycles. The summed E-state index contributed by atoms with van der Waals surface area (Å²) in [5.74, 6) is 1.87. The fourth-order valence-corrected chi connectivity index (χ4v) is 8.14. The first-order valence-corrected chi connectivity index (χ1v) is 18.5. The summed E-state index contributed by atoms with van der Waals surface area (Å²) in [4.78, 5) is 15.7. The molecule has 0 saturated heterocycles. The maximum atomic E-state index is 6.75. The Kier molecular flexibility index (Phi) is 7.14. The number of nitrogens with zero attached hydrogens (tertiary/aromatic N) is 3. The van der Waals surface area contributed by atoms with Gasteiger partial charge in [0.2, 0.25) is 0 Å². The highest BCUT2D eigenvalue weighted by Crippen LogP contribution is 2.43. The molecule has 55 heavy (non-hydrogen) atoms. The molecule has 4 nitrogen and oxygen atoms in total. The van der Waals surface area contributed by atoms with E-state index >= 15 is 0 Å². The molecule has 11 rings (SSSR count). The highest BCUT2D eigenvalue weighted by Gasteiger charge is 2.21. The molecule has 0 bridgehead atoms. The van der Waals surface area contributed by atoms with E-state index in [0.717, 1.165) is 71.7 Å². The number of furan rings is 1. The van der Waals surface area contributed by atoms with Gasteiger partial charge in [-0.15, -0.1) is 0 Å². The molecule has 0 spiro atoms. The van der Waals surface area contributed by atoms with Gasteiger partial charge in [0.15, 0.2) is 17.5 Å². The van der Waals surface area contributed by atoms with Gasteiger partial charge in [-0.2, -0.15) is 0 Å². The van der Waals surface area contributed by atoms with Gasteiger partial charge in [0.05, 0.1) is 0 Å². The van der Waals surface area contributed by atoms with Crippen LogP contribution in [0.5, 0.6) is 0 Å². The monoisotopic (exact) mass is 701 g/mol. The minimum Gasteiger partial charge on any atom is -0.455 e. The van der Waals surface area contributed by atoms with Crippen molar-refractivity contribution in [3.8, 4) is 56.4 Å². The Bertz CT molecular complexity index is 3270. The quantitative estimate of drug-likeness (QED) is 0.168. The first-order valence-electron chi connectivity index (χ1n) is 18.5. The summed E-state index contributed by atoms with van der Waals surface area (Å²) in [7, 11) is 0. The first kappa shape index (κ1) is 31.1. The van der Waals surface area contributed by atoms with Gasteiger partial charge in [0.25, 0.3) is 0 Å². The molecule has 256 valence electrons. The molecule has 11 aromatic rings. The van der Waals surface area contributed by atoms with Gasteiger partial charge in [-0.25, -0.2) is 15.0 Å². The van der Waals surface area contributed by atoms with E-state index in [1.54, 1.807) is 0 Å². The Morgan fingerprint density at radius 1 is 0.309 bits per heavy atom. The molecule has 0 aliphatic carbocycles. The highest BCUT2D eigenvalue weighted by atomic mass is 16.3. The third kappa shape index (κ3) is 5.19. The normalized spacial score (nSPS) is 11.6. The van der Waals surface area contributed by atoms with Crippen LogP contribution in [0.2, 0.25) is 0 Å². The van der Waals surface area contributed by atoms with E-state index in [4.69, 9.17) is 19.4 Å². The zero-order chi connectivity index (χ0) is 36.3. The lowest BCUT2D eigenvalue weighted by Gasteiger charge is -2.14. The van der Waals surface area contributed by atoms with Crippen molar-refractivity contribution in [2.45, 2.75) is 0 Å². The fraction of sp³-hybridized carbons (Fsp3) is 0. The average Bonchev–Trinajstić information content (AvgIpc) is 3.65. The summed E-state index contributed by atoms with van der Waals surface area (Å²) in [6, 6.07) is 65.6. The number of benzene rings is 9. The van der Waals surface area contributed by atoms with E-state index in [-0.39, 0.29) is 0 Å². The summed E-state index contributed by atoms with van der Waals surface area (Å²) in [5.41, 5.74) is 8.79. The lowest BCUT2D eigenvalue weighted by Crippen LogP contribution is -2.01. The number of aromatic nitrogens is 3. The molecule has 0 aliphatic rings. The number of para-hydroxylation sites is 1. The Hall–Kier alpha value is -7.43. The van der Waals surface area contributed by atoms with Crippen LogP contribution in [0.4, 0.5) is 0 Å². The van der Waals surface area contributed by atoms with Crippen LogP contribution in [0, 0.1) is 0 Å². The average molecular weight is 702 g/mol. The van der Waals surface area contributed by atoms with Crippen LogP contribution in [0.25, 0.3) is 111 Å². The van der Waals surface area contributed by atoms with E-state index in [0.29, 0.717) is 17.5 Å². The van der Waals surface area contributed by atoms with Crippen LogP contribution >= 0.6 is 0 Å². The van der Waals surface area contributed by atoms with E-state index < -0.39 is 0 Å². The number of hydrogen-bond acceptors (Lipinski definition) is 4. The standard InChI is InChI=1S/C51H31N3O/c1-2-15-33(16-3-1)49-52-50(54-51(53-49)45-31-35-18-6-7-19-37(35)39-20-8-9-21-40(39)45)43-23-11-10-22-41(43)42-25-13-27-46-47(42)44-26-12-24-38(48(44)55-46)36-29-28-32-14-4-5-17-34(32)30-36/h1-31H. The SMILES string of the molecule is c1ccc(-c2nc(-c3ccccc3-c3cccc4oc5c(-c6ccc7ccccc7c6)cccc5c34)nc(-c3cc4ccccc4c4ccccc34)n2)cc1. The second kappa shape index (κ2) is 12.6. The van der Waals surface area contributed by atoms with Crippen molar-refractivity contribution >= 4 is 54.3 Å². The zero-order valence-corrected chi connectivity index (χ0v) is 29.6. The van der Waals surface area contributed by atoms with Gasteiger partial charge in [0, 0.05) is 33.0 Å². The van der Waals surface area contributed by atoms with Crippen molar-refractivity contribution in [3.63, 3.8) is 0 Å². The molecule has 0 atom stereocenters. The Balaban J connectivity index is 1.14. The van der Waals surface area contributed by atoms with Crippen LogP contribution in [-0.4, -0.2) is 15.0 Å². The Morgan fingerprint density at radius 3 is 1.76 bits per heavy atom. The predicted octanol–water partition coefficient (Wildman–Crippen LogP) is 13.6. The third-order valence-corrected chi connectivity index (χ3v) is 10.7. The van der Waals surface area contributed by atoms with Crippen molar-refractivity contribution < 1.29 is 4.42 Å². The molecule has 4 heteroatoms. The molecule has 0 fully saturated rings.